The Labute approximate surface area is 110 Å². The molecule has 0 aromatic rings. The molecule has 0 aliphatic heterocycles. The molecule has 1 saturated carbocycles. The first kappa shape index (κ1) is 15.4. The topological polar surface area (TPSA) is 60.8 Å². The van der Waals surface area contributed by atoms with Crippen molar-refractivity contribution >= 4 is 5.97 Å². The Bertz CT molecular complexity index is 283. The average molecular weight is 257 g/mol. The first-order chi connectivity index (χ1) is 8.31. The highest BCUT2D eigenvalue weighted by atomic mass is 16.4. The van der Waals surface area contributed by atoms with Crippen LogP contribution in [0.4, 0.5) is 0 Å². The molecule has 1 rings (SSSR count). The number of carboxylic acids is 1. The van der Waals surface area contributed by atoms with Crippen LogP contribution in [0.3, 0.4) is 0 Å². The minimum atomic E-state index is -0.738. The summed E-state index contributed by atoms with van der Waals surface area (Å²) in [5.74, 6) is -0.736. The van der Waals surface area contributed by atoms with Crippen molar-refractivity contribution in [2.75, 3.05) is 13.6 Å². The first-order valence-corrected chi connectivity index (χ1v) is 6.97. The van der Waals surface area contributed by atoms with Crippen molar-refractivity contribution in [2.24, 2.45) is 0 Å². The number of carboxylic acid groups (broad SMARTS) is 1. The van der Waals surface area contributed by atoms with Gasteiger partial charge in [0.1, 0.15) is 0 Å². The molecule has 0 aromatic carbocycles. The highest BCUT2D eigenvalue weighted by Crippen LogP contribution is 2.36. The van der Waals surface area contributed by atoms with Crippen LogP contribution in [0.2, 0.25) is 0 Å². The third-order valence-corrected chi connectivity index (χ3v) is 4.41. The largest absolute Gasteiger partial charge is 0.481 e. The molecule has 2 N–H and O–H groups in total. The van der Waals surface area contributed by atoms with E-state index in [9.17, 15) is 9.90 Å². The molecule has 0 spiro atoms. The zero-order chi connectivity index (χ0) is 13.8. The number of carbonyl (C=O) groups is 1. The summed E-state index contributed by atoms with van der Waals surface area (Å²) < 4.78 is 0. The molecule has 1 aliphatic carbocycles. The molecular weight excluding hydrogens is 230 g/mol. The van der Waals surface area contributed by atoms with Crippen LogP contribution in [0.1, 0.15) is 58.8 Å². The SMILES string of the molecule is CCC(C)(O)CN(C)C1(CC(=O)O)CCCCC1. The van der Waals surface area contributed by atoms with Gasteiger partial charge >= 0.3 is 5.97 Å². The average Bonchev–Trinajstić information content (AvgIpc) is 2.28. The van der Waals surface area contributed by atoms with E-state index >= 15 is 0 Å². The molecule has 0 radical (unpaired) electrons. The van der Waals surface area contributed by atoms with Crippen molar-refractivity contribution in [3.63, 3.8) is 0 Å². The molecule has 1 unspecified atom stereocenters. The number of β-amino-alcohol motifs (C(OH)–C–C–N with tert-alkyl or cyclic N) is 1. The fraction of sp³-hybridized carbons (Fsp3) is 0.929. The third kappa shape index (κ3) is 3.95. The van der Waals surface area contributed by atoms with Crippen molar-refractivity contribution in [3.8, 4) is 0 Å². The van der Waals surface area contributed by atoms with Crippen LogP contribution in [0.15, 0.2) is 0 Å². The molecule has 1 aliphatic rings. The summed E-state index contributed by atoms with van der Waals surface area (Å²) in [4.78, 5) is 13.2. The summed E-state index contributed by atoms with van der Waals surface area (Å²) in [5, 5.41) is 19.3. The predicted molar refractivity (Wildman–Crippen MR) is 71.6 cm³/mol. The van der Waals surface area contributed by atoms with Gasteiger partial charge in [-0.1, -0.05) is 26.2 Å². The van der Waals surface area contributed by atoms with Crippen LogP contribution in [-0.4, -0.2) is 45.8 Å². The second-order valence-electron chi connectivity index (χ2n) is 6.06. The van der Waals surface area contributed by atoms with Crippen molar-refractivity contribution in [3.05, 3.63) is 0 Å². The molecule has 1 atom stereocenters. The molecule has 4 heteroatoms. The van der Waals surface area contributed by atoms with E-state index < -0.39 is 11.6 Å². The monoisotopic (exact) mass is 257 g/mol. The van der Waals surface area contributed by atoms with E-state index in [1.54, 1.807) is 0 Å². The van der Waals surface area contributed by atoms with Crippen LogP contribution in [0.5, 0.6) is 0 Å². The molecule has 18 heavy (non-hydrogen) atoms. The Kier molecular flexibility index (Phi) is 5.17. The fourth-order valence-electron chi connectivity index (χ4n) is 2.98. The molecule has 0 saturated heterocycles. The van der Waals surface area contributed by atoms with E-state index in [2.05, 4.69) is 4.90 Å². The molecular formula is C14H27NO3. The molecule has 106 valence electrons. The van der Waals surface area contributed by atoms with Crippen molar-refractivity contribution in [1.82, 2.24) is 4.90 Å². The third-order valence-electron chi connectivity index (χ3n) is 4.41. The van der Waals surface area contributed by atoms with Gasteiger partial charge in [0.25, 0.3) is 0 Å². The Hall–Kier alpha value is -0.610. The summed E-state index contributed by atoms with van der Waals surface area (Å²) in [7, 11) is 1.96. The van der Waals surface area contributed by atoms with Crippen LogP contribution < -0.4 is 0 Å². The molecule has 0 aromatic heterocycles. The van der Waals surface area contributed by atoms with Gasteiger partial charge < -0.3 is 10.2 Å². The smallest absolute Gasteiger partial charge is 0.305 e. The van der Waals surface area contributed by atoms with Gasteiger partial charge in [-0.05, 0) is 33.2 Å². The number of aliphatic hydroxyl groups is 1. The highest BCUT2D eigenvalue weighted by molar-refractivity contribution is 5.68. The van der Waals surface area contributed by atoms with E-state index in [0.717, 1.165) is 25.7 Å². The molecule has 0 heterocycles. The van der Waals surface area contributed by atoms with Crippen LogP contribution in [-0.2, 0) is 4.79 Å². The van der Waals surface area contributed by atoms with Crippen molar-refractivity contribution in [2.45, 2.75) is 69.9 Å². The van der Waals surface area contributed by atoms with Crippen molar-refractivity contribution in [1.29, 1.82) is 0 Å². The maximum atomic E-state index is 11.1. The maximum absolute atomic E-state index is 11.1. The minimum Gasteiger partial charge on any atom is -0.481 e. The van der Waals surface area contributed by atoms with Gasteiger partial charge in [-0.2, -0.15) is 0 Å². The molecule has 0 amide bonds. The van der Waals surface area contributed by atoms with Gasteiger partial charge in [0.2, 0.25) is 0 Å². The van der Waals surface area contributed by atoms with E-state index in [4.69, 9.17) is 5.11 Å². The normalized spacial score (nSPS) is 22.7. The lowest BCUT2D eigenvalue weighted by atomic mass is 9.77. The summed E-state index contributed by atoms with van der Waals surface area (Å²) in [6.45, 7) is 4.32. The van der Waals surface area contributed by atoms with E-state index in [-0.39, 0.29) is 12.0 Å². The number of nitrogens with zero attached hydrogens (tertiary/aromatic N) is 1. The maximum Gasteiger partial charge on any atom is 0.305 e. The second kappa shape index (κ2) is 6.02. The quantitative estimate of drug-likeness (QED) is 0.766. The summed E-state index contributed by atoms with van der Waals surface area (Å²) in [6.07, 6.45) is 6.09. The van der Waals surface area contributed by atoms with E-state index in [1.165, 1.54) is 6.42 Å². The van der Waals surface area contributed by atoms with E-state index in [0.29, 0.717) is 13.0 Å². The molecule has 0 bridgehead atoms. The van der Waals surface area contributed by atoms with Crippen molar-refractivity contribution < 1.29 is 15.0 Å². The fourth-order valence-corrected chi connectivity index (χ4v) is 2.98. The minimum absolute atomic E-state index is 0.184. The zero-order valence-corrected chi connectivity index (χ0v) is 11.9. The predicted octanol–water partition coefficient (Wildman–Crippen LogP) is 2.26. The second-order valence-corrected chi connectivity index (χ2v) is 6.06. The van der Waals surface area contributed by atoms with Crippen LogP contribution in [0, 0.1) is 0 Å². The lowest BCUT2D eigenvalue weighted by Crippen LogP contribution is -2.54. The Morgan fingerprint density at radius 3 is 2.33 bits per heavy atom. The van der Waals surface area contributed by atoms with Gasteiger partial charge in [-0.3, -0.25) is 9.69 Å². The van der Waals surface area contributed by atoms with E-state index in [1.807, 2.05) is 20.9 Å². The first-order valence-electron chi connectivity index (χ1n) is 6.97. The number of hydrogen-bond acceptors (Lipinski definition) is 3. The number of likely N-dealkylation sites (N-methyl/N-ethyl adjacent to an activating group) is 1. The Balaban J connectivity index is 2.78. The lowest BCUT2D eigenvalue weighted by Gasteiger charge is -2.46. The lowest BCUT2D eigenvalue weighted by molar-refractivity contribution is -0.142. The highest BCUT2D eigenvalue weighted by Gasteiger charge is 2.40. The summed E-state index contributed by atoms with van der Waals surface area (Å²) >= 11 is 0. The molecule has 1 fully saturated rings. The van der Waals surface area contributed by atoms with Crippen LogP contribution in [0.25, 0.3) is 0 Å². The molecule has 4 nitrogen and oxygen atoms in total. The van der Waals surface area contributed by atoms with Crippen LogP contribution >= 0.6 is 0 Å². The summed E-state index contributed by atoms with van der Waals surface area (Å²) in [6, 6.07) is 0. The number of rotatable bonds is 6. The zero-order valence-electron chi connectivity index (χ0n) is 11.9. The Morgan fingerprint density at radius 1 is 1.33 bits per heavy atom. The van der Waals surface area contributed by atoms with Gasteiger partial charge in [0.05, 0.1) is 12.0 Å². The van der Waals surface area contributed by atoms with Gasteiger partial charge in [0.15, 0.2) is 0 Å². The summed E-state index contributed by atoms with van der Waals surface area (Å²) in [5.41, 5.74) is -0.999. The standard InChI is InChI=1S/C14H27NO3/c1-4-13(2,18)11-15(3)14(10-12(16)17)8-6-5-7-9-14/h18H,4-11H2,1-3H3,(H,16,17). The van der Waals surface area contributed by atoms with Gasteiger partial charge in [-0.15, -0.1) is 0 Å². The van der Waals surface area contributed by atoms with Gasteiger partial charge in [0, 0.05) is 12.1 Å². The number of hydrogen-bond donors (Lipinski definition) is 2. The van der Waals surface area contributed by atoms with Gasteiger partial charge in [-0.25, -0.2) is 0 Å². The Morgan fingerprint density at radius 2 is 1.89 bits per heavy atom. The number of aliphatic carboxylic acids is 1.